The van der Waals surface area contributed by atoms with Crippen LogP contribution in [0, 0.1) is 11.6 Å². The third-order valence-electron chi connectivity index (χ3n) is 2.99. The molecule has 0 aromatic heterocycles. The summed E-state index contributed by atoms with van der Waals surface area (Å²) in [4.78, 5) is 23.5. The average Bonchev–Trinajstić information content (AvgIpc) is 2.55. The van der Waals surface area contributed by atoms with Crippen LogP contribution in [0.15, 0.2) is 42.5 Å². The van der Waals surface area contributed by atoms with E-state index < -0.39 is 36.2 Å². The first-order chi connectivity index (χ1) is 11.8. The molecule has 1 atom stereocenters. The molecule has 1 amide bonds. The third-order valence-corrected chi connectivity index (χ3v) is 3.23. The Morgan fingerprint density at radius 2 is 1.96 bits per heavy atom. The first kappa shape index (κ1) is 18.7. The molecule has 0 aliphatic rings. The van der Waals surface area contributed by atoms with Crippen LogP contribution in [0.3, 0.4) is 0 Å². The molecule has 8 heteroatoms. The fourth-order valence-corrected chi connectivity index (χ4v) is 2.00. The summed E-state index contributed by atoms with van der Waals surface area (Å²) in [5, 5.41) is 2.62. The van der Waals surface area contributed by atoms with Crippen molar-refractivity contribution in [2.45, 2.75) is 13.0 Å². The Balaban J connectivity index is 1.83. The van der Waals surface area contributed by atoms with Crippen molar-refractivity contribution in [2.24, 2.45) is 0 Å². The van der Waals surface area contributed by atoms with Crippen molar-refractivity contribution in [2.75, 3.05) is 11.9 Å². The van der Waals surface area contributed by atoms with Crippen molar-refractivity contribution in [3.8, 4) is 5.75 Å². The summed E-state index contributed by atoms with van der Waals surface area (Å²) in [6, 6.07) is 9.12. The van der Waals surface area contributed by atoms with Crippen molar-refractivity contribution in [3.63, 3.8) is 0 Å². The molecule has 0 fully saturated rings. The van der Waals surface area contributed by atoms with Crippen LogP contribution in [0.4, 0.5) is 14.5 Å². The van der Waals surface area contributed by atoms with E-state index in [-0.39, 0.29) is 5.69 Å². The summed E-state index contributed by atoms with van der Waals surface area (Å²) in [6.45, 7) is 0.805. The van der Waals surface area contributed by atoms with Crippen molar-refractivity contribution >= 4 is 29.2 Å². The predicted octanol–water partition coefficient (Wildman–Crippen LogP) is 3.57. The Labute approximate surface area is 147 Å². The number of carbonyl (C=O) groups excluding carboxylic acids is 2. The Hall–Kier alpha value is -2.67. The molecule has 0 heterocycles. The number of benzene rings is 2. The summed E-state index contributed by atoms with van der Waals surface area (Å²) < 4.78 is 36.4. The van der Waals surface area contributed by atoms with E-state index in [9.17, 15) is 18.4 Å². The maximum atomic E-state index is 13.4. The van der Waals surface area contributed by atoms with Gasteiger partial charge in [0.25, 0.3) is 5.91 Å². The monoisotopic (exact) mass is 369 g/mol. The summed E-state index contributed by atoms with van der Waals surface area (Å²) in [6.07, 6.45) is -0.978. The Bertz CT molecular complexity index is 785. The van der Waals surface area contributed by atoms with E-state index in [1.807, 2.05) is 0 Å². The number of esters is 1. The second-order valence-corrected chi connectivity index (χ2v) is 5.43. The van der Waals surface area contributed by atoms with Gasteiger partial charge in [0.15, 0.2) is 12.7 Å². The number of hydrogen-bond acceptors (Lipinski definition) is 4. The van der Waals surface area contributed by atoms with E-state index in [4.69, 9.17) is 21.1 Å². The number of amides is 1. The standard InChI is InChI=1S/C17H14ClF2NO4/c1-10(25-13-4-2-3-11(18)7-13)17(23)24-9-16(22)21-15-6-5-12(19)8-14(15)20/h2-8,10H,9H2,1H3,(H,21,22). The molecule has 2 aromatic rings. The summed E-state index contributed by atoms with van der Waals surface area (Å²) in [5.74, 6) is -2.88. The van der Waals surface area contributed by atoms with E-state index >= 15 is 0 Å². The molecule has 0 radical (unpaired) electrons. The maximum Gasteiger partial charge on any atom is 0.347 e. The zero-order valence-electron chi connectivity index (χ0n) is 13.1. The van der Waals surface area contributed by atoms with Gasteiger partial charge in [-0.1, -0.05) is 17.7 Å². The number of anilines is 1. The lowest BCUT2D eigenvalue weighted by atomic mass is 10.3. The lowest BCUT2D eigenvalue weighted by molar-refractivity contribution is -0.153. The van der Waals surface area contributed by atoms with Crippen molar-refractivity contribution < 1.29 is 27.8 Å². The smallest absolute Gasteiger partial charge is 0.347 e. The van der Waals surface area contributed by atoms with Crippen LogP contribution in [0.25, 0.3) is 0 Å². The quantitative estimate of drug-likeness (QED) is 0.791. The van der Waals surface area contributed by atoms with Crippen LogP contribution in [0.5, 0.6) is 5.75 Å². The largest absolute Gasteiger partial charge is 0.479 e. The Morgan fingerprint density at radius 3 is 2.64 bits per heavy atom. The second-order valence-electron chi connectivity index (χ2n) is 5.00. The van der Waals surface area contributed by atoms with Gasteiger partial charge in [0, 0.05) is 11.1 Å². The van der Waals surface area contributed by atoms with Crippen LogP contribution < -0.4 is 10.1 Å². The van der Waals surface area contributed by atoms with Gasteiger partial charge in [-0.3, -0.25) is 4.79 Å². The first-order valence-electron chi connectivity index (χ1n) is 7.19. The first-order valence-corrected chi connectivity index (χ1v) is 7.56. The second kappa shape index (κ2) is 8.43. The molecule has 0 saturated carbocycles. The number of hydrogen-bond donors (Lipinski definition) is 1. The normalized spacial score (nSPS) is 11.5. The fraction of sp³-hybridized carbons (Fsp3) is 0.176. The highest BCUT2D eigenvalue weighted by Crippen LogP contribution is 2.18. The minimum atomic E-state index is -0.978. The van der Waals surface area contributed by atoms with Gasteiger partial charge in [0.2, 0.25) is 0 Å². The highest BCUT2D eigenvalue weighted by molar-refractivity contribution is 6.30. The van der Waals surface area contributed by atoms with Crippen LogP contribution in [0.1, 0.15) is 6.92 Å². The molecule has 0 bridgehead atoms. The summed E-state index contributed by atoms with van der Waals surface area (Å²) in [7, 11) is 0. The highest BCUT2D eigenvalue weighted by atomic mass is 35.5. The third kappa shape index (κ3) is 5.72. The van der Waals surface area contributed by atoms with Gasteiger partial charge in [-0.25, -0.2) is 13.6 Å². The molecule has 25 heavy (non-hydrogen) atoms. The van der Waals surface area contributed by atoms with Gasteiger partial charge in [-0.05, 0) is 37.3 Å². The lowest BCUT2D eigenvalue weighted by Crippen LogP contribution is -2.29. The van der Waals surface area contributed by atoms with E-state index in [0.717, 1.165) is 12.1 Å². The molecular formula is C17H14ClF2NO4. The number of carbonyl (C=O) groups is 2. The minimum absolute atomic E-state index is 0.217. The Morgan fingerprint density at radius 1 is 1.20 bits per heavy atom. The molecule has 0 spiro atoms. The van der Waals surface area contributed by atoms with Crippen molar-refractivity contribution in [1.29, 1.82) is 0 Å². The van der Waals surface area contributed by atoms with Gasteiger partial charge < -0.3 is 14.8 Å². The minimum Gasteiger partial charge on any atom is -0.479 e. The van der Waals surface area contributed by atoms with E-state index in [1.54, 1.807) is 18.2 Å². The zero-order valence-corrected chi connectivity index (χ0v) is 13.8. The molecule has 0 saturated heterocycles. The molecule has 2 aromatic carbocycles. The van der Waals surface area contributed by atoms with Gasteiger partial charge in [-0.15, -0.1) is 0 Å². The lowest BCUT2D eigenvalue weighted by Gasteiger charge is -2.14. The van der Waals surface area contributed by atoms with E-state index in [0.29, 0.717) is 16.8 Å². The molecule has 132 valence electrons. The molecule has 2 rings (SSSR count). The van der Waals surface area contributed by atoms with Crippen molar-refractivity contribution in [3.05, 3.63) is 59.1 Å². The maximum absolute atomic E-state index is 13.4. The zero-order chi connectivity index (χ0) is 18.4. The van der Waals surface area contributed by atoms with Gasteiger partial charge in [0.1, 0.15) is 17.4 Å². The SMILES string of the molecule is CC(Oc1cccc(Cl)c1)C(=O)OCC(=O)Nc1ccc(F)cc1F. The number of halogens is 3. The van der Waals surface area contributed by atoms with E-state index in [2.05, 4.69) is 5.32 Å². The number of ether oxygens (including phenoxy) is 2. The predicted molar refractivity (Wildman–Crippen MR) is 87.5 cm³/mol. The van der Waals surface area contributed by atoms with Gasteiger partial charge >= 0.3 is 5.97 Å². The molecule has 1 N–H and O–H groups in total. The number of nitrogens with one attached hydrogen (secondary N) is 1. The van der Waals surface area contributed by atoms with Gasteiger partial charge in [-0.2, -0.15) is 0 Å². The van der Waals surface area contributed by atoms with Crippen LogP contribution in [-0.4, -0.2) is 24.6 Å². The summed E-state index contributed by atoms with van der Waals surface area (Å²) in [5.41, 5.74) is -0.217. The molecule has 1 unspecified atom stereocenters. The summed E-state index contributed by atoms with van der Waals surface area (Å²) >= 11 is 5.81. The van der Waals surface area contributed by atoms with Crippen LogP contribution in [-0.2, 0) is 14.3 Å². The molecule has 0 aliphatic heterocycles. The fourth-order valence-electron chi connectivity index (χ4n) is 1.82. The number of rotatable bonds is 6. The molecule has 0 aliphatic carbocycles. The Kier molecular flexibility index (Phi) is 6.30. The average molecular weight is 370 g/mol. The van der Waals surface area contributed by atoms with Crippen molar-refractivity contribution in [1.82, 2.24) is 0 Å². The van der Waals surface area contributed by atoms with Crippen LogP contribution >= 0.6 is 11.6 Å². The van der Waals surface area contributed by atoms with Gasteiger partial charge in [0.05, 0.1) is 5.69 Å². The molecular weight excluding hydrogens is 356 g/mol. The van der Waals surface area contributed by atoms with Crippen LogP contribution in [0.2, 0.25) is 5.02 Å². The van der Waals surface area contributed by atoms with E-state index in [1.165, 1.54) is 13.0 Å². The highest BCUT2D eigenvalue weighted by Gasteiger charge is 2.18. The molecule has 5 nitrogen and oxygen atoms in total. The topological polar surface area (TPSA) is 64.6 Å².